The summed E-state index contributed by atoms with van der Waals surface area (Å²) >= 11 is 0. The summed E-state index contributed by atoms with van der Waals surface area (Å²) in [6, 6.07) is 0. The van der Waals surface area contributed by atoms with Crippen LogP contribution in [0.15, 0.2) is 31.8 Å². The van der Waals surface area contributed by atoms with Crippen LogP contribution in [-0.4, -0.2) is 38.2 Å². The Hall–Kier alpha value is -3.70. The van der Waals surface area contributed by atoms with Gasteiger partial charge < -0.3 is 9.97 Å². The smallest absolute Gasteiger partial charge is 0.332 e. The number of H-pyrrole nitrogens is 2. The lowest BCUT2D eigenvalue weighted by Crippen LogP contribution is -2.38. The molecule has 4 aromatic rings. The van der Waals surface area contributed by atoms with Crippen molar-refractivity contribution in [3.8, 4) is 0 Å². The molecule has 0 unspecified atom stereocenters. The number of aryl methyl sites for hydroxylation is 1. The number of aromatic amines is 2. The minimum Gasteiger partial charge on any atom is -0.339 e. The molecule has 12 heteroatoms. The summed E-state index contributed by atoms with van der Waals surface area (Å²) in [6.07, 6.45) is 2.83. The van der Waals surface area contributed by atoms with Gasteiger partial charge in [-0.15, -0.1) is 0 Å². The molecule has 0 saturated carbocycles. The molecule has 0 aliphatic carbocycles. The van der Waals surface area contributed by atoms with Gasteiger partial charge in [0.2, 0.25) is 0 Å². The van der Waals surface area contributed by atoms with Gasteiger partial charge in [0.05, 0.1) is 12.7 Å². The van der Waals surface area contributed by atoms with Crippen LogP contribution in [-0.2, 0) is 27.7 Å². The number of hydrogen-bond donors (Lipinski definition) is 2. The lowest BCUT2D eigenvalue weighted by molar-refractivity contribution is 0.500. The number of hydrogen-bond acceptors (Lipinski definition) is 6. The first-order valence-electron chi connectivity index (χ1n) is 8.87. The Labute approximate surface area is 163 Å². The largest absolute Gasteiger partial charge is 0.339 e. The second-order valence-corrected chi connectivity index (χ2v) is 7.06. The Morgan fingerprint density at radius 2 is 1.28 bits per heavy atom. The Kier molecular flexibility index (Phi) is 5.10. The zero-order chi connectivity index (χ0) is 21.5. The third-order valence-electron chi connectivity index (χ3n) is 4.49. The van der Waals surface area contributed by atoms with Crippen LogP contribution in [0.3, 0.4) is 0 Å². The van der Waals surface area contributed by atoms with Crippen molar-refractivity contribution >= 4 is 22.3 Å². The molecule has 0 aromatic carbocycles. The van der Waals surface area contributed by atoms with Crippen molar-refractivity contribution in [3.05, 3.63) is 54.3 Å². The van der Waals surface area contributed by atoms with Crippen LogP contribution in [0, 0.1) is 5.92 Å². The predicted molar refractivity (Wildman–Crippen MR) is 107 cm³/mol. The van der Waals surface area contributed by atoms with Gasteiger partial charge in [-0.25, -0.2) is 19.6 Å². The number of imidazole rings is 2. The molecule has 154 valence electrons. The van der Waals surface area contributed by atoms with Gasteiger partial charge in [0, 0.05) is 27.7 Å². The van der Waals surface area contributed by atoms with E-state index in [0.717, 1.165) is 9.13 Å². The van der Waals surface area contributed by atoms with E-state index in [0.29, 0.717) is 34.8 Å². The molecule has 0 fully saturated rings. The number of nitrogens with zero attached hydrogens (tertiary/aromatic N) is 6. The van der Waals surface area contributed by atoms with Gasteiger partial charge in [0.1, 0.15) is 11.0 Å². The highest BCUT2D eigenvalue weighted by Crippen LogP contribution is 2.04. The first-order valence-corrected chi connectivity index (χ1v) is 8.87. The molecule has 0 spiro atoms. The fraction of sp³-hybridized carbons (Fsp3) is 0.412. The van der Waals surface area contributed by atoms with Gasteiger partial charge in [-0.05, 0) is 5.92 Å². The summed E-state index contributed by atoms with van der Waals surface area (Å²) in [4.78, 5) is 59.8. The van der Waals surface area contributed by atoms with E-state index in [9.17, 15) is 19.2 Å². The fourth-order valence-electron chi connectivity index (χ4n) is 2.97. The van der Waals surface area contributed by atoms with Crippen molar-refractivity contribution in [3.63, 3.8) is 0 Å². The van der Waals surface area contributed by atoms with Gasteiger partial charge in [-0.1, -0.05) is 13.8 Å². The molecule has 12 nitrogen and oxygen atoms in total. The summed E-state index contributed by atoms with van der Waals surface area (Å²) in [5.41, 5.74) is 0.165. The molecule has 4 rings (SSSR count). The van der Waals surface area contributed by atoms with Crippen molar-refractivity contribution in [1.82, 2.24) is 38.2 Å². The Bertz CT molecular complexity index is 1430. The van der Waals surface area contributed by atoms with E-state index in [1.54, 1.807) is 7.05 Å². The number of rotatable bonds is 2. The molecule has 0 bridgehead atoms. The molecule has 4 heterocycles. The molecule has 0 aliphatic rings. The van der Waals surface area contributed by atoms with Crippen LogP contribution in [0.25, 0.3) is 22.3 Å². The number of aromatic nitrogens is 8. The van der Waals surface area contributed by atoms with Crippen molar-refractivity contribution in [2.45, 2.75) is 20.4 Å². The molecule has 2 N–H and O–H groups in total. The average molecular weight is 402 g/mol. The van der Waals surface area contributed by atoms with E-state index >= 15 is 0 Å². The lowest BCUT2D eigenvalue weighted by Gasteiger charge is -2.10. The van der Waals surface area contributed by atoms with Crippen LogP contribution in [0.1, 0.15) is 13.8 Å². The first-order chi connectivity index (χ1) is 13.6. The third-order valence-corrected chi connectivity index (χ3v) is 4.49. The minimum atomic E-state index is -0.371. The quantitative estimate of drug-likeness (QED) is 0.442. The summed E-state index contributed by atoms with van der Waals surface area (Å²) in [5.74, 6) is 0.315. The summed E-state index contributed by atoms with van der Waals surface area (Å²) in [7, 11) is 4.48. The molecule has 0 saturated heterocycles. The zero-order valence-electron chi connectivity index (χ0n) is 16.8. The highest BCUT2D eigenvalue weighted by molar-refractivity contribution is 5.69. The lowest BCUT2D eigenvalue weighted by atomic mass is 10.2. The second-order valence-electron chi connectivity index (χ2n) is 7.06. The van der Waals surface area contributed by atoms with Crippen LogP contribution >= 0.6 is 0 Å². The van der Waals surface area contributed by atoms with Gasteiger partial charge in [0.25, 0.3) is 11.1 Å². The zero-order valence-corrected chi connectivity index (χ0v) is 16.8. The highest BCUT2D eigenvalue weighted by Gasteiger charge is 2.13. The Morgan fingerprint density at radius 3 is 1.83 bits per heavy atom. The van der Waals surface area contributed by atoms with Gasteiger partial charge in [-0.2, -0.15) is 0 Å². The maximum atomic E-state index is 11.9. The first kappa shape index (κ1) is 20.0. The number of fused-ring (bicyclic) bond motifs is 2. The Morgan fingerprint density at radius 1 is 0.793 bits per heavy atom. The standard InChI is InChI=1S/C10H14N4O2.C7H8N4O2/c1-6(2)4-14-8-7(11-5-12-8)9(15)13(3)10(14)16;1-10-5-4(8-3-9-5)6(12)11(2)7(10)13/h5-6H,4H2,1-3H3,(H,11,12);3H,1-2H3,(H,8,9). The molecule has 29 heavy (non-hydrogen) atoms. The maximum Gasteiger partial charge on any atom is 0.332 e. The van der Waals surface area contributed by atoms with E-state index in [1.165, 1.54) is 35.9 Å². The SMILES string of the molecule is CC(C)Cn1c(=O)n(C)c(=O)c2[nH]cnc21.Cn1c(=O)c2[nH]cnc2n(C)c1=O. The van der Waals surface area contributed by atoms with Gasteiger partial charge in [0.15, 0.2) is 11.3 Å². The van der Waals surface area contributed by atoms with E-state index in [4.69, 9.17) is 0 Å². The molecule has 0 radical (unpaired) electrons. The molecule has 4 aromatic heterocycles. The van der Waals surface area contributed by atoms with E-state index in [2.05, 4.69) is 19.9 Å². The fourth-order valence-corrected chi connectivity index (χ4v) is 2.97. The normalized spacial score (nSPS) is 11.2. The van der Waals surface area contributed by atoms with Gasteiger partial charge in [-0.3, -0.25) is 27.9 Å². The predicted octanol–water partition coefficient (Wildman–Crippen LogP) is -0.960. The minimum absolute atomic E-state index is 0.315. The molecule has 0 aliphatic heterocycles. The van der Waals surface area contributed by atoms with Crippen molar-refractivity contribution in [2.24, 2.45) is 27.1 Å². The van der Waals surface area contributed by atoms with Crippen LogP contribution in [0.2, 0.25) is 0 Å². The van der Waals surface area contributed by atoms with Crippen LogP contribution in [0.4, 0.5) is 0 Å². The van der Waals surface area contributed by atoms with E-state index < -0.39 is 0 Å². The van der Waals surface area contributed by atoms with Crippen molar-refractivity contribution in [1.29, 1.82) is 0 Å². The Balaban J connectivity index is 0.000000169. The van der Waals surface area contributed by atoms with E-state index in [1.807, 2.05) is 13.8 Å². The molecular weight excluding hydrogens is 380 g/mol. The van der Waals surface area contributed by atoms with Crippen LogP contribution in [0.5, 0.6) is 0 Å². The van der Waals surface area contributed by atoms with Gasteiger partial charge >= 0.3 is 11.4 Å². The maximum absolute atomic E-state index is 11.9. The van der Waals surface area contributed by atoms with E-state index in [-0.39, 0.29) is 22.5 Å². The monoisotopic (exact) mass is 402 g/mol. The summed E-state index contributed by atoms with van der Waals surface area (Å²) < 4.78 is 4.99. The third kappa shape index (κ3) is 3.32. The molecule has 0 atom stereocenters. The second kappa shape index (κ2) is 7.37. The average Bonchev–Trinajstić information content (AvgIpc) is 3.36. The summed E-state index contributed by atoms with van der Waals surface area (Å²) in [6.45, 7) is 4.57. The highest BCUT2D eigenvalue weighted by atomic mass is 16.2. The number of nitrogens with one attached hydrogen (secondary N) is 2. The molecule has 0 amide bonds. The van der Waals surface area contributed by atoms with Crippen molar-refractivity contribution < 1.29 is 0 Å². The topological polar surface area (TPSA) is 145 Å². The van der Waals surface area contributed by atoms with Crippen molar-refractivity contribution in [2.75, 3.05) is 0 Å². The summed E-state index contributed by atoms with van der Waals surface area (Å²) in [5, 5.41) is 0. The van der Waals surface area contributed by atoms with Crippen LogP contribution < -0.4 is 22.5 Å². The molecular formula is C17H22N8O4.